The summed E-state index contributed by atoms with van der Waals surface area (Å²) >= 11 is 1.92. The van der Waals surface area contributed by atoms with Crippen molar-refractivity contribution >= 4 is 56.7 Å². The summed E-state index contributed by atoms with van der Waals surface area (Å²) in [5.74, 6) is 0. The van der Waals surface area contributed by atoms with E-state index in [1.54, 1.807) is 0 Å². The molecule has 1 aliphatic carbocycles. The van der Waals surface area contributed by atoms with Crippen LogP contribution < -0.4 is 9.80 Å². The van der Waals surface area contributed by atoms with Gasteiger partial charge in [-0.1, -0.05) is 163 Å². The van der Waals surface area contributed by atoms with Gasteiger partial charge in [-0.05, 0) is 111 Å². The fourth-order valence-electron chi connectivity index (χ4n) is 9.17. The van der Waals surface area contributed by atoms with E-state index in [9.17, 15) is 0 Å². The maximum absolute atomic E-state index is 2.48. The SMILES string of the molecule is c1ccc(N(c2ccccc2)c2ccc3c(c2)C2(c4ccccc4-3)c3cccc(N(c4ccccc4)c4ccccc4)c3Sc3c2ccc2ccccc32)cc1. The minimum absolute atomic E-state index is 0.587. The fraction of sp³-hybridized carbons (Fsp3) is 0.0189. The van der Waals surface area contributed by atoms with Gasteiger partial charge in [0.25, 0.3) is 0 Å². The summed E-state index contributed by atoms with van der Waals surface area (Å²) in [5.41, 5.74) is 14.0. The number of rotatable bonds is 6. The normalized spacial score (nSPS) is 14.8. The highest BCUT2D eigenvalue weighted by Crippen LogP contribution is 2.65. The Bertz CT molecular complexity index is 2810. The first-order chi connectivity index (χ1) is 27.8. The zero-order valence-corrected chi connectivity index (χ0v) is 31.4. The molecule has 2 nitrogen and oxygen atoms in total. The highest BCUT2D eigenvalue weighted by molar-refractivity contribution is 8.00. The molecule has 1 heterocycles. The van der Waals surface area contributed by atoms with Crippen LogP contribution in [0.15, 0.2) is 228 Å². The Morgan fingerprint density at radius 2 is 0.839 bits per heavy atom. The molecule has 0 radical (unpaired) electrons. The Morgan fingerprint density at radius 1 is 0.321 bits per heavy atom. The van der Waals surface area contributed by atoms with Gasteiger partial charge in [-0.15, -0.1) is 0 Å². The maximum Gasteiger partial charge on any atom is 0.0737 e. The lowest BCUT2D eigenvalue weighted by Gasteiger charge is -2.42. The molecular weight excluding hydrogens is 697 g/mol. The van der Waals surface area contributed by atoms with Crippen LogP contribution in [0.3, 0.4) is 0 Å². The van der Waals surface area contributed by atoms with Gasteiger partial charge >= 0.3 is 0 Å². The quantitative estimate of drug-likeness (QED) is 0.168. The molecule has 0 saturated heterocycles. The van der Waals surface area contributed by atoms with Crippen molar-refractivity contribution in [1.82, 2.24) is 0 Å². The van der Waals surface area contributed by atoms with Crippen molar-refractivity contribution in [2.75, 3.05) is 9.80 Å². The molecule has 9 aromatic carbocycles. The number of para-hydroxylation sites is 4. The molecule has 0 saturated carbocycles. The van der Waals surface area contributed by atoms with Gasteiger partial charge in [-0.3, -0.25) is 0 Å². The summed E-state index contributed by atoms with van der Waals surface area (Å²) in [6, 6.07) is 79.9. The number of fused-ring (bicyclic) bond motifs is 11. The fourth-order valence-corrected chi connectivity index (χ4v) is 10.6. The monoisotopic (exact) mass is 732 g/mol. The third kappa shape index (κ3) is 4.91. The Morgan fingerprint density at radius 3 is 1.50 bits per heavy atom. The van der Waals surface area contributed by atoms with E-state index in [-0.39, 0.29) is 0 Å². The van der Waals surface area contributed by atoms with Crippen molar-refractivity contribution in [3.63, 3.8) is 0 Å². The first-order valence-corrected chi connectivity index (χ1v) is 20.0. The zero-order valence-electron chi connectivity index (χ0n) is 30.6. The summed E-state index contributed by atoms with van der Waals surface area (Å²) in [5, 5.41) is 2.52. The Balaban J connectivity index is 1.25. The van der Waals surface area contributed by atoms with Gasteiger partial charge in [-0.2, -0.15) is 0 Å². The molecule has 3 heteroatoms. The lowest BCUT2D eigenvalue weighted by atomic mass is 9.66. The third-order valence-electron chi connectivity index (χ3n) is 11.5. The third-order valence-corrected chi connectivity index (χ3v) is 12.7. The van der Waals surface area contributed by atoms with E-state index in [4.69, 9.17) is 0 Å². The summed E-state index contributed by atoms with van der Waals surface area (Å²) in [6.07, 6.45) is 0. The Labute approximate surface area is 332 Å². The average Bonchev–Trinajstić information content (AvgIpc) is 3.55. The maximum atomic E-state index is 2.48. The molecule has 1 unspecified atom stereocenters. The van der Waals surface area contributed by atoms with Crippen LogP contribution in [0.2, 0.25) is 0 Å². The van der Waals surface area contributed by atoms with Gasteiger partial charge < -0.3 is 9.80 Å². The van der Waals surface area contributed by atoms with Gasteiger partial charge in [0.2, 0.25) is 0 Å². The molecular formula is C53H36N2S. The zero-order chi connectivity index (χ0) is 37.1. The van der Waals surface area contributed by atoms with Crippen LogP contribution in [0.5, 0.6) is 0 Å². The predicted octanol–water partition coefficient (Wildman–Crippen LogP) is 14.6. The number of benzene rings is 9. The standard InChI is InChI=1S/C53H36N2S/c1-5-19-38(20-6-1)54(39-21-7-2-8-22-39)42-33-34-45-44-28-15-16-29-46(44)53(49(45)36-42)47-30-17-31-50(55(40-23-9-3-10-24-40)41-25-11-4-12-26-41)52(47)56-51-43-27-14-13-18-37(43)32-35-48(51)53/h1-36H. The second-order valence-electron chi connectivity index (χ2n) is 14.5. The van der Waals surface area contributed by atoms with E-state index in [2.05, 4.69) is 228 Å². The molecule has 1 atom stereocenters. The van der Waals surface area contributed by atoms with Crippen molar-refractivity contribution in [2.45, 2.75) is 15.2 Å². The smallest absolute Gasteiger partial charge is 0.0737 e. The molecule has 11 rings (SSSR count). The number of hydrogen-bond donors (Lipinski definition) is 0. The molecule has 56 heavy (non-hydrogen) atoms. The van der Waals surface area contributed by atoms with Gasteiger partial charge in [0, 0.05) is 38.2 Å². The van der Waals surface area contributed by atoms with Gasteiger partial charge in [0.1, 0.15) is 0 Å². The molecule has 2 aliphatic rings. The van der Waals surface area contributed by atoms with Crippen LogP contribution in [0.25, 0.3) is 21.9 Å². The van der Waals surface area contributed by atoms with E-state index >= 15 is 0 Å². The molecule has 0 N–H and O–H groups in total. The first kappa shape index (κ1) is 32.6. The van der Waals surface area contributed by atoms with Crippen molar-refractivity contribution in [2.24, 2.45) is 0 Å². The van der Waals surface area contributed by atoms with Gasteiger partial charge in [-0.25, -0.2) is 0 Å². The second kappa shape index (κ2) is 13.2. The van der Waals surface area contributed by atoms with Crippen LogP contribution >= 0.6 is 11.8 Å². The molecule has 9 aromatic rings. The Kier molecular flexibility index (Phi) is 7.68. The van der Waals surface area contributed by atoms with Crippen LogP contribution in [-0.2, 0) is 5.41 Å². The molecule has 1 spiro atoms. The molecule has 1 aliphatic heterocycles. The minimum Gasteiger partial charge on any atom is -0.310 e. The van der Waals surface area contributed by atoms with Crippen molar-refractivity contribution in [3.8, 4) is 11.1 Å². The van der Waals surface area contributed by atoms with E-state index in [0.717, 1.165) is 28.4 Å². The highest BCUT2D eigenvalue weighted by atomic mass is 32.2. The number of hydrogen-bond acceptors (Lipinski definition) is 3. The molecule has 0 aromatic heterocycles. The molecule has 0 amide bonds. The van der Waals surface area contributed by atoms with E-state index < -0.39 is 5.41 Å². The predicted molar refractivity (Wildman–Crippen MR) is 235 cm³/mol. The summed E-state index contributed by atoms with van der Waals surface area (Å²) in [7, 11) is 0. The first-order valence-electron chi connectivity index (χ1n) is 19.2. The molecule has 0 fully saturated rings. The van der Waals surface area contributed by atoms with Gasteiger partial charge in [0.05, 0.1) is 11.1 Å². The van der Waals surface area contributed by atoms with E-state index in [1.807, 2.05) is 11.8 Å². The highest BCUT2D eigenvalue weighted by Gasteiger charge is 2.51. The Hall–Kier alpha value is -6.81. The summed E-state index contributed by atoms with van der Waals surface area (Å²) in [6.45, 7) is 0. The number of nitrogens with zero attached hydrogens (tertiary/aromatic N) is 2. The molecule has 0 bridgehead atoms. The lowest BCUT2D eigenvalue weighted by molar-refractivity contribution is 0.725. The van der Waals surface area contributed by atoms with Crippen molar-refractivity contribution in [1.29, 1.82) is 0 Å². The number of anilines is 6. The van der Waals surface area contributed by atoms with Crippen LogP contribution in [0, 0.1) is 0 Å². The van der Waals surface area contributed by atoms with Crippen LogP contribution in [-0.4, -0.2) is 0 Å². The average molecular weight is 733 g/mol. The lowest BCUT2D eigenvalue weighted by Crippen LogP contribution is -2.33. The van der Waals surface area contributed by atoms with Crippen molar-refractivity contribution in [3.05, 3.63) is 241 Å². The molecule has 264 valence electrons. The van der Waals surface area contributed by atoms with Crippen LogP contribution in [0.4, 0.5) is 34.1 Å². The largest absolute Gasteiger partial charge is 0.310 e. The topological polar surface area (TPSA) is 6.48 Å². The van der Waals surface area contributed by atoms with Crippen molar-refractivity contribution < 1.29 is 0 Å². The van der Waals surface area contributed by atoms with E-state index in [0.29, 0.717) is 0 Å². The summed E-state index contributed by atoms with van der Waals surface area (Å²) in [4.78, 5) is 7.39. The summed E-state index contributed by atoms with van der Waals surface area (Å²) < 4.78 is 0. The van der Waals surface area contributed by atoms with E-state index in [1.165, 1.54) is 59.6 Å². The van der Waals surface area contributed by atoms with Crippen LogP contribution in [0.1, 0.15) is 22.3 Å². The van der Waals surface area contributed by atoms with Gasteiger partial charge in [0.15, 0.2) is 0 Å². The minimum atomic E-state index is -0.587. The second-order valence-corrected chi connectivity index (χ2v) is 15.5.